The van der Waals surface area contributed by atoms with Crippen molar-refractivity contribution in [3.8, 4) is 0 Å². The van der Waals surface area contributed by atoms with E-state index in [1.807, 2.05) is 29.2 Å². The molecule has 3 aromatic rings. The Morgan fingerprint density at radius 1 is 1.36 bits per heavy atom. The first kappa shape index (κ1) is 16.3. The van der Waals surface area contributed by atoms with Gasteiger partial charge >= 0.3 is 0 Å². The fourth-order valence-electron chi connectivity index (χ4n) is 3.39. The van der Waals surface area contributed by atoms with E-state index < -0.39 is 0 Å². The maximum Gasteiger partial charge on any atom is 0.275 e. The van der Waals surface area contributed by atoms with Crippen LogP contribution in [-0.4, -0.2) is 39.1 Å². The van der Waals surface area contributed by atoms with Crippen LogP contribution in [0.1, 0.15) is 59.7 Å². The standard InChI is InChI=1S/C19H22N4OS/c1-12(2)16-11-25-18(20-16)13-6-5-9-23(10-13)19(24)17-14-7-3-4-8-15(14)21-22-17/h3-4,7-8,11-13H,5-6,9-10H2,1-2H3,(H,21,22). The number of fused-ring (bicyclic) bond motifs is 1. The number of para-hydroxylation sites is 1. The van der Waals surface area contributed by atoms with E-state index in [1.54, 1.807) is 11.3 Å². The number of nitrogens with one attached hydrogen (secondary N) is 1. The average molecular weight is 354 g/mol. The Hall–Kier alpha value is -2.21. The summed E-state index contributed by atoms with van der Waals surface area (Å²) in [6.45, 7) is 5.85. The number of H-pyrrole nitrogens is 1. The molecule has 1 N–H and O–H groups in total. The van der Waals surface area contributed by atoms with Crippen molar-refractivity contribution in [2.45, 2.75) is 38.5 Å². The van der Waals surface area contributed by atoms with Gasteiger partial charge < -0.3 is 4.90 Å². The molecule has 1 unspecified atom stereocenters. The van der Waals surface area contributed by atoms with Gasteiger partial charge in [0.05, 0.1) is 16.2 Å². The second-order valence-corrected chi connectivity index (χ2v) is 7.86. The zero-order valence-corrected chi connectivity index (χ0v) is 15.3. The smallest absolute Gasteiger partial charge is 0.275 e. The maximum absolute atomic E-state index is 13.0. The molecule has 2 aromatic heterocycles. The quantitative estimate of drug-likeness (QED) is 0.768. The number of amides is 1. The number of rotatable bonds is 3. The van der Waals surface area contributed by atoms with E-state index in [9.17, 15) is 4.79 Å². The van der Waals surface area contributed by atoms with Gasteiger partial charge in [0.2, 0.25) is 0 Å². The number of piperidine rings is 1. The third-order valence-electron chi connectivity index (χ3n) is 4.86. The number of benzene rings is 1. The van der Waals surface area contributed by atoms with Crippen molar-refractivity contribution in [3.05, 3.63) is 46.0 Å². The van der Waals surface area contributed by atoms with E-state index in [4.69, 9.17) is 4.98 Å². The molecule has 1 aliphatic rings. The summed E-state index contributed by atoms with van der Waals surface area (Å²) in [5, 5.41) is 11.4. The summed E-state index contributed by atoms with van der Waals surface area (Å²) in [6, 6.07) is 7.78. The summed E-state index contributed by atoms with van der Waals surface area (Å²) in [5.41, 5.74) is 2.58. The van der Waals surface area contributed by atoms with E-state index >= 15 is 0 Å². The van der Waals surface area contributed by atoms with Crippen molar-refractivity contribution in [2.75, 3.05) is 13.1 Å². The zero-order valence-electron chi connectivity index (χ0n) is 14.5. The molecule has 1 saturated heterocycles. The molecule has 1 atom stereocenters. The van der Waals surface area contributed by atoms with Crippen molar-refractivity contribution in [1.82, 2.24) is 20.1 Å². The first-order chi connectivity index (χ1) is 12.1. The second-order valence-electron chi connectivity index (χ2n) is 6.97. The van der Waals surface area contributed by atoms with Crippen LogP contribution in [0.5, 0.6) is 0 Å². The van der Waals surface area contributed by atoms with Crippen LogP contribution in [0.3, 0.4) is 0 Å². The Morgan fingerprint density at radius 3 is 3.00 bits per heavy atom. The van der Waals surface area contributed by atoms with Gasteiger partial charge in [-0.25, -0.2) is 4.98 Å². The van der Waals surface area contributed by atoms with E-state index in [0.29, 0.717) is 17.5 Å². The van der Waals surface area contributed by atoms with Gasteiger partial charge in [-0.3, -0.25) is 9.89 Å². The molecular formula is C19H22N4OS. The lowest BCUT2D eigenvalue weighted by atomic mass is 9.98. The second kappa shape index (κ2) is 6.59. The molecule has 0 aliphatic carbocycles. The Labute approximate surface area is 151 Å². The number of carbonyl (C=O) groups is 1. The topological polar surface area (TPSA) is 61.9 Å². The van der Waals surface area contributed by atoms with Gasteiger partial charge in [-0.2, -0.15) is 5.10 Å². The molecule has 130 valence electrons. The summed E-state index contributed by atoms with van der Waals surface area (Å²) in [7, 11) is 0. The van der Waals surface area contributed by atoms with Crippen molar-refractivity contribution in [3.63, 3.8) is 0 Å². The molecule has 0 spiro atoms. The Kier molecular flexibility index (Phi) is 4.29. The molecule has 1 aliphatic heterocycles. The largest absolute Gasteiger partial charge is 0.337 e. The van der Waals surface area contributed by atoms with E-state index in [-0.39, 0.29) is 5.91 Å². The van der Waals surface area contributed by atoms with Gasteiger partial charge in [-0.1, -0.05) is 32.0 Å². The SMILES string of the molecule is CC(C)c1csc(C2CCCN(C(=O)c3n[nH]c4ccccc34)C2)n1. The van der Waals surface area contributed by atoms with Crippen molar-refractivity contribution >= 4 is 28.1 Å². The van der Waals surface area contributed by atoms with E-state index in [0.717, 1.165) is 47.5 Å². The van der Waals surface area contributed by atoms with Gasteiger partial charge in [0.1, 0.15) is 0 Å². The molecule has 0 bridgehead atoms. The van der Waals surface area contributed by atoms with Crippen LogP contribution in [-0.2, 0) is 0 Å². The average Bonchev–Trinajstić information content (AvgIpc) is 3.28. The Balaban J connectivity index is 1.55. The lowest BCUT2D eigenvalue weighted by Crippen LogP contribution is -2.39. The molecule has 6 heteroatoms. The number of thiazole rings is 1. The number of nitrogens with zero attached hydrogens (tertiary/aromatic N) is 3. The normalized spacial score (nSPS) is 18.2. The van der Waals surface area contributed by atoms with E-state index in [2.05, 4.69) is 29.4 Å². The van der Waals surface area contributed by atoms with Gasteiger partial charge in [0.15, 0.2) is 5.69 Å². The third-order valence-corrected chi connectivity index (χ3v) is 5.89. The number of hydrogen-bond donors (Lipinski definition) is 1. The number of hydrogen-bond acceptors (Lipinski definition) is 4. The van der Waals surface area contributed by atoms with Crippen LogP contribution < -0.4 is 0 Å². The molecule has 1 amide bonds. The minimum absolute atomic E-state index is 0.0165. The highest BCUT2D eigenvalue weighted by Gasteiger charge is 2.29. The molecular weight excluding hydrogens is 332 g/mol. The third kappa shape index (κ3) is 3.06. The van der Waals surface area contributed by atoms with Crippen LogP contribution in [0.25, 0.3) is 10.9 Å². The van der Waals surface area contributed by atoms with Crippen LogP contribution in [0.15, 0.2) is 29.6 Å². The molecule has 0 radical (unpaired) electrons. The van der Waals surface area contributed by atoms with E-state index in [1.165, 1.54) is 0 Å². The fraction of sp³-hybridized carbons (Fsp3) is 0.421. The van der Waals surface area contributed by atoms with Crippen molar-refractivity contribution in [1.29, 1.82) is 0 Å². The predicted octanol–water partition coefficient (Wildman–Crippen LogP) is 4.16. The van der Waals surface area contributed by atoms with Gasteiger partial charge in [-0.05, 0) is 24.8 Å². The highest BCUT2D eigenvalue weighted by atomic mass is 32.1. The van der Waals surface area contributed by atoms with Crippen molar-refractivity contribution in [2.24, 2.45) is 0 Å². The van der Waals surface area contributed by atoms with Crippen LogP contribution >= 0.6 is 11.3 Å². The molecule has 0 saturated carbocycles. The molecule has 1 fully saturated rings. The summed E-state index contributed by atoms with van der Waals surface area (Å²) in [5.74, 6) is 0.796. The first-order valence-corrected chi connectivity index (χ1v) is 9.69. The van der Waals surface area contributed by atoms with Gasteiger partial charge in [-0.15, -0.1) is 11.3 Å². The molecule has 4 rings (SSSR count). The fourth-order valence-corrected chi connectivity index (χ4v) is 4.50. The number of likely N-dealkylation sites (tertiary alicyclic amines) is 1. The lowest BCUT2D eigenvalue weighted by molar-refractivity contribution is 0.0703. The zero-order chi connectivity index (χ0) is 17.4. The molecule has 3 heterocycles. The van der Waals surface area contributed by atoms with Crippen LogP contribution in [0, 0.1) is 0 Å². The monoisotopic (exact) mass is 354 g/mol. The molecule has 1 aromatic carbocycles. The van der Waals surface area contributed by atoms with Crippen molar-refractivity contribution < 1.29 is 4.79 Å². The Bertz CT molecular complexity index is 898. The van der Waals surface area contributed by atoms with Crippen LogP contribution in [0.2, 0.25) is 0 Å². The van der Waals surface area contributed by atoms with Crippen LogP contribution in [0.4, 0.5) is 0 Å². The minimum Gasteiger partial charge on any atom is -0.337 e. The first-order valence-electron chi connectivity index (χ1n) is 8.81. The summed E-state index contributed by atoms with van der Waals surface area (Å²) in [4.78, 5) is 19.7. The summed E-state index contributed by atoms with van der Waals surface area (Å²) >= 11 is 1.73. The highest BCUT2D eigenvalue weighted by Crippen LogP contribution is 2.31. The Morgan fingerprint density at radius 2 is 2.20 bits per heavy atom. The lowest BCUT2D eigenvalue weighted by Gasteiger charge is -2.31. The molecule has 25 heavy (non-hydrogen) atoms. The maximum atomic E-state index is 13.0. The molecule has 5 nitrogen and oxygen atoms in total. The van der Waals surface area contributed by atoms with Gasteiger partial charge in [0.25, 0.3) is 5.91 Å². The number of aromatic amines is 1. The summed E-state index contributed by atoms with van der Waals surface area (Å²) in [6.07, 6.45) is 2.10. The minimum atomic E-state index is 0.0165. The summed E-state index contributed by atoms with van der Waals surface area (Å²) < 4.78 is 0. The predicted molar refractivity (Wildman–Crippen MR) is 100 cm³/mol. The highest BCUT2D eigenvalue weighted by molar-refractivity contribution is 7.09. The number of aromatic nitrogens is 3. The van der Waals surface area contributed by atoms with Gasteiger partial charge in [0, 0.05) is 29.8 Å². The number of carbonyl (C=O) groups excluding carboxylic acids is 1.